The van der Waals surface area contributed by atoms with E-state index in [0.717, 1.165) is 22.6 Å². The molecule has 2 N–H and O–H groups in total. The topological polar surface area (TPSA) is 44.5 Å². The Labute approximate surface area is 90.6 Å². The lowest BCUT2D eigenvalue weighted by atomic mass is 10.1. The van der Waals surface area contributed by atoms with E-state index in [2.05, 4.69) is 0 Å². The summed E-state index contributed by atoms with van der Waals surface area (Å²) in [6.45, 7) is 2.43. The Hall–Kier alpha value is -0.930. The van der Waals surface area contributed by atoms with Crippen molar-refractivity contribution in [1.29, 1.82) is 0 Å². The van der Waals surface area contributed by atoms with Gasteiger partial charge in [-0.3, -0.25) is 0 Å². The molecule has 3 nitrogen and oxygen atoms in total. The number of benzene rings is 1. The van der Waals surface area contributed by atoms with Crippen LogP contribution in [0.5, 0.6) is 11.5 Å². The monoisotopic (exact) mass is 217 g/mol. The van der Waals surface area contributed by atoms with Crippen molar-refractivity contribution >= 4 is 12.4 Å². The van der Waals surface area contributed by atoms with Crippen LogP contribution in [0.2, 0.25) is 0 Å². The number of aryl methyl sites for hydroxylation is 1. The fourth-order valence-corrected chi connectivity index (χ4v) is 1.27. The molecular weight excluding hydrogens is 202 g/mol. The molecular formula is C10H16ClNO2. The molecule has 0 amide bonds. The van der Waals surface area contributed by atoms with Crippen LogP contribution in [0.4, 0.5) is 0 Å². The normalized spacial score (nSPS) is 9.14. The van der Waals surface area contributed by atoms with Gasteiger partial charge in [0.15, 0.2) is 0 Å². The Bertz CT molecular complexity index is 302. The van der Waals surface area contributed by atoms with Gasteiger partial charge >= 0.3 is 0 Å². The zero-order valence-electron chi connectivity index (χ0n) is 8.66. The zero-order valence-corrected chi connectivity index (χ0v) is 9.48. The molecule has 0 saturated carbocycles. The first-order valence-electron chi connectivity index (χ1n) is 4.14. The fourth-order valence-electron chi connectivity index (χ4n) is 1.27. The van der Waals surface area contributed by atoms with Crippen LogP contribution < -0.4 is 15.2 Å². The van der Waals surface area contributed by atoms with Crippen LogP contribution in [0.3, 0.4) is 0 Å². The highest BCUT2D eigenvalue weighted by Crippen LogP contribution is 2.27. The zero-order chi connectivity index (χ0) is 9.84. The predicted molar refractivity (Wildman–Crippen MR) is 59.4 cm³/mol. The second-order valence-electron chi connectivity index (χ2n) is 2.84. The number of nitrogens with two attached hydrogens (primary N) is 1. The largest absolute Gasteiger partial charge is 0.496 e. The van der Waals surface area contributed by atoms with Crippen molar-refractivity contribution in [3.63, 3.8) is 0 Å². The number of halogens is 1. The van der Waals surface area contributed by atoms with E-state index in [1.54, 1.807) is 14.2 Å². The van der Waals surface area contributed by atoms with Crippen LogP contribution in [-0.4, -0.2) is 14.2 Å². The van der Waals surface area contributed by atoms with Crippen molar-refractivity contribution in [3.8, 4) is 11.5 Å². The van der Waals surface area contributed by atoms with Gasteiger partial charge in [-0.1, -0.05) is 0 Å². The Kier molecular flexibility index (Phi) is 5.35. The maximum Gasteiger partial charge on any atom is 0.123 e. The molecule has 1 aromatic rings. The van der Waals surface area contributed by atoms with Crippen LogP contribution in [0.1, 0.15) is 11.1 Å². The summed E-state index contributed by atoms with van der Waals surface area (Å²) in [6, 6.07) is 3.84. The number of methoxy groups -OCH3 is 2. The van der Waals surface area contributed by atoms with Crippen molar-refractivity contribution in [2.24, 2.45) is 5.73 Å². The molecule has 0 saturated heterocycles. The molecule has 0 heterocycles. The molecule has 4 heteroatoms. The van der Waals surface area contributed by atoms with Gasteiger partial charge in [-0.2, -0.15) is 0 Å². The highest BCUT2D eigenvalue weighted by molar-refractivity contribution is 5.85. The van der Waals surface area contributed by atoms with E-state index in [4.69, 9.17) is 15.2 Å². The number of rotatable bonds is 3. The summed E-state index contributed by atoms with van der Waals surface area (Å²) < 4.78 is 10.4. The molecule has 0 unspecified atom stereocenters. The maximum atomic E-state index is 5.56. The minimum atomic E-state index is 0. The minimum absolute atomic E-state index is 0. The standard InChI is InChI=1S/C10H15NO2.ClH/c1-7-4-10(13-3)8(6-11)5-9(7)12-2;/h4-5H,6,11H2,1-3H3;1H. The average Bonchev–Trinajstić information content (AvgIpc) is 2.17. The fraction of sp³-hybridized carbons (Fsp3) is 0.400. The smallest absolute Gasteiger partial charge is 0.123 e. The molecule has 0 aliphatic carbocycles. The van der Waals surface area contributed by atoms with E-state index in [1.807, 2.05) is 19.1 Å². The van der Waals surface area contributed by atoms with Gasteiger partial charge in [-0.15, -0.1) is 12.4 Å². The third kappa shape index (κ3) is 2.53. The van der Waals surface area contributed by atoms with Gasteiger partial charge in [0.1, 0.15) is 11.5 Å². The van der Waals surface area contributed by atoms with E-state index in [-0.39, 0.29) is 12.4 Å². The van der Waals surface area contributed by atoms with Gasteiger partial charge in [0.05, 0.1) is 14.2 Å². The van der Waals surface area contributed by atoms with Crippen molar-refractivity contribution in [2.75, 3.05) is 14.2 Å². The molecule has 0 radical (unpaired) electrons. The number of hydrogen-bond acceptors (Lipinski definition) is 3. The number of ether oxygens (including phenoxy) is 2. The molecule has 0 bridgehead atoms. The first-order valence-corrected chi connectivity index (χ1v) is 4.14. The van der Waals surface area contributed by atoms with Crippen molar-refractivity contribution < 1.29 is 9.47 Å². The lowest BCUT2D eigenvalue weighted by Crippen LogP contribution is -2.01. The predicted octanol–water partition coefficient (Wildman–Crippen LogP) is 1.89. The summed E-state index contributed by atoms with van der Waals surface area (Å²) in [5, 5.41) is 0. The molecule has 0 aliphatic rings. The van der Waals surface area contributed by atoms with E-state index in [1.165, 1.54) is 0 Å². The van der Waals surface area contributed by atoms with Gasteiger partial charge in [0.25, 0.3) is 0 Å². The molecule has 80 valence electrons. The summed E-state index contributed by atoms with van der Waals surface area (Å²) in [4.78, 5) is 0. The number of hydrogen-bond donors (Lipinski definition) is 1. The summed E-state index contributed by atoms with van der Waals surface area (Å²) in [6.07, 6.45) is 0. The van der Waals surface area contributed by atoms with Crippen LogP contribution in [0.25, 0.3) is 0 Å². The van der Waals surface area contributed by atoms with E-state index in [9.17, 15) is 0 Å². The van der Waals surface area contributed by atoms with E-state index >= 15 is 0 Å². The Morgan fingerprint density at radius 3 is 2.14 bits per heavy atom. The Morgan fingerprint density at radius 2 is 1.71 bits per heavy atom. The molecule has 0 fully saturated rings. The summed E-state index contributed by atoms with van der Waals surface area (Å²) in [5.74, 6) is 1.67. The molecule has 1 aromatic carbocycles. The first kappa shape index (κ1) is 13.1. The molecule has 0 atom stereocenters. The second-order valence-corrected chi connectivity index (χ2v) is 2.84. The van der Waals surface area contributed by atoms with Gasteiger partial charge in [-0.25, -0.2) is 0 Å². The van der Waals surface area contributed by atoms with Crippen molar-refractivity contribution in [1.82, 2.24) is 0 Å². The van der Waals surface area contributed by atoms with E-state index < -0.39 is 0 Å². The quantitative estimate of drug-likeness (QED) is 0.841. The Balaban J connectivity index is 0.00000169. The molecule has 1 rings (SSSR count). The molecule has 14 heavy (non-hydrogen) atoms. The summed E-state index contributed by atoms with van der Waals surface area (Å²) >= 11 is 0. The average molecular weight is 218 g/mol. The third-order valence-corrected chi connectivity index (χ3v) is 2.02. The molecule has 0 aromatic heterocycles. The summed E-state index contributed by atoms with van der Waals surface area (Å²) in [5.41, 5.74) is 7.58. The molecule has 0 spiro atoms. The molecule has 0 aliphatic heterocycles. The maximum absolute atomic E-state index is 5.56. The second kappa shape index (κ2) is 5.73. The van der Waals surface area contributed by atoms with Gasteiger partial charge < -0.3 is 15.2 Å². The van der Waals surface area contributed by atoms with Crippen LogP contribution in [0, 0.1) is 6.92 Å². The van der Waals surface area contributed by atoms with Crippen LogP contribution >= 0.6 is 12.4 Å². The van der Waals surface area contributed by atoms with Crippen LogP contribution in [0.15, 0.2) is 12.1 Å². The third-order valence-electron chi connectivity index (χ3n) is 2.02. The first-order chi connectivity index (χ1) is 6.22. The van der Waals surface area contributed by atoms with Crippen molar-refractivity contribution in [3.05, 3.63) is 23.3 Å². The van der Waals surface area contributed by atoms with Gasteiger partial charge in [0.2, 0.25) is 0 Å². The lowest BCUT2D eigenvalue weighted by Gasteiger charge is -2.11. The highest BCUT2D eigenvalue weighted by Gasteiger charge is 2.06. The van der Waals surface area contributed by atoms with Gasteiger partial charge in [-0.05, 0) is 24.6 Å². The lowest BCUT2D eigenvalue weighted by molar-refractivity contribution is 0.396. The highest BCUT2D eigenvalue weighted by atomic mass is 35.5. The van der Waals surface area contributed by atoms with Gasteiger partial charge in [0, 0.05) is 12.1 Å². The Morgan fingerprint density at radius 1 is 1.14 bits per heavy atom. The van der Waals surface area contributed by atoms with E-state index in [0.29, 0.717) is 6.54 Å². The SMILES string of the molecule is COc1cc(CN)c(OC)cc1C.Cl. The van der Waals surface area contributed by atoms with Crippen LogP contribution in [-0.2, 0) is 6.54 Å². The minimum Gasteiger partial charge on any atom is -0.496 e. The summed E-state index contributed by atoms with van der Waals surface area (Å²) in [7, 11) is 3.29. The van der Waals surface area contributed by atoms with Crippen molar-refractivity contribution in [2.45, 2.75) is 13.5 Å².